The summed E-state index contributed by atoms with van der Waals surface area (Å²) in [5.74, 6) is 0.204. The van der Waals surface area contributed by atoms with Crippen LogP contribution in [0.25, 0.3) is 6.08 Å². The molecule has 25 heavy (non-hydrogen) atoms. The van der Waals surface area contributed by atoms with E-state index in [9.17, 15) is 10.1 Å². The molecular weight excluding hydrogens is 312 g/mol. The van der Waals surface area contributed by atoms with Crippen LogP contribution in [-0.4, -0.2) is 13.0 Å². The number of rotatable bonds is 6. The summed E-state index contributed by atoms with van der Waals surface area (Å²) in [6.07, 6.45) is 3.16. The zero-order valence-corrected chi connectivity index (χ0v) is 14.8. The molecule has 0 aromatic heterocycles. The number of nitriles is 1. The average molecular weight is 334 g/mol. The molecule has 4 nitrogen and oxygen atoms in total. The number of aryl methyl sites for hydroxylation is 2. The Morgan fingerprint density at radius 2 is 1.76 bits per heavy atom. The molecule has 1 amide bonds. The summed E-state index contributed by atoms with van der Waals surface area (Å²) in [5, 5.41) is 12.4. The van der Waals surface area contributed by atoms with Crippen molar-refractivity contribution in [3.05, 3.63) is 64.7 Å². The van der Waals surface area contributed by atoms with Crippen molar-refractivity contribution in [1.82, 2.24) is 0 Å². The molecule has 2 aromatic rings. The number of methoxy groups -OCH3 is 1. The topological polar surface area (TPSA) is 62.1 Å². The van der Waals surface area contributed by atoms with Crippen LogP contribution in [0, 0.1) is 11.3 Å². The van der Waals surface area contributed by atoms with Crippen LogP contribution in [0.1, 0.15) is 30.5 Å². The first-order valence-corrected chi connectivity index (χ1v) is 8.31. The predicted molar refractivity (Wildman–Crippen MR) is 100 cm³/mol. The third kappa shape index (κ3) is 4.27. The van der Waals surface area contributed by atoms with E-state index in [1.165, 1.54) is 0 Å². The largest absolute Gasteiger partial charge is 0.496 e. The molecule has 0 saturated carbocycles. The molecule has 0 radical (unpaired) electrons. The maximum Gasteiger partial charge on any atom is 0.266 e. The van der Waals surface area contributed by atoms with Gasteiger partial charge in [-0.3, -0.25) is 4.79 Å². The number of benzene rings is 2. The van der Waals surface area contributed by atoms with Crippen LogP contribution >= 0.6 is 0 Å². The summed E-state index contributed by atoms with van der Waals surface area (Å²) >= 11 is 0. The van der Waals surface area contributed by atoms with Gasteiger partial charge in [0.2, 0.25) is 0 Å². The third-order valence-corrected chi connectivity index (χ3v) is 4.04. The number of nitrogens with zero attached hydrogens (tertiary/aromatic N) is 1. The summed E-state index contributed by atoms with van der Waals surface area (Å²) < 4.78 is 5.28. The third-order valence-electron chi connectivity index (χ3n) is 4.04. The highest BCUT2D eigenvalue weighted by molar-refractivity contribution is 6.10. The Hall–Kier alpha value is -3.06. The van der Waals surface area contributed by atoms with E-state index in [2.05, 4.69) is 5.32 Å². The zero-order valence-electron chi connectivity index (χ0n) is 14.8. The Morgan fingerprint density at radius 3 is 2.32 bits per heavy atom. The van der Waals surface area contributed by atoms with Crippen molar-refractivity contribution < 1.29 is 9.53 Å². The number of hydrogen-bond donors (Lipinski definition) is 1. The highest BCUT2D eigenvalue weighted by Gasteiger charge is 2.14. The van der Waals surface area contributed by atoms with Gasteiger partial charge >= 0.3 is 0 Å². The lowest BCUT2D eigenvalue weighted by atomic mass is 10.0. The quantitative estimate of drug-likeness (QED) is 0.630. The molecule has 0 spiro atoms. The van der Waals surface area contributed by atoms with E-state index in [1.807, 2.05) is 50.2 Å². The van der Waals surface area contributed by atoms with Crippen LogP contribution in [0.5, 0.6) is 5.75 Å². The Balaban J connectivity index is 2.36. The van der Waals surface area contributed by atoms with E-state index in [0.717, 1.165) is 29.7 Å². The Morgan fingerprint density at radius 1 is 1.12 bits per heavy atom. The highest BCUT2D eigenvalue weighted by atomic mass is 16.5. The molecule has 2 rings (SSSR count). The highest BCUT2D eigenvalue weighted by Crippen LogP contribution is 2.24. The average Bonchev–Trinajstić information content (AvgIpc) is 2.66. The zero-order chi connectivity index (χ0) is 18.2. The SMILES string of the molecule is CCc1cccc(CC)c1NC(=O)/C(C#N)=C/c1ccccc1OC. The number of carbonyl (C=O) groups excluding carboxylic acids is 1. The van der Waals surface area contributed by atoms with Gasteiger partial charge in [0.15, 0.2) is 0 Å². The molecule has 0 aliphatic heterocycles. The van der Waals surface area contributed by atoms with Crippen molar-refractivity contribution in [1.29, 1.82) is 5.26 Å². The monoisotopic (exact) mass is 334 g/mol. The second-order valence-corrected chi connectivity index (χ2v) is 5.52. The molecule has 0 atom stereocenters. The van der Waals surface area contributed by atoms with Gasteiger partial charge in [-0.2, -0.15) is 5.26 Å². The fourth-order valence-corrected chi connectivity index (χ4v) is 2.67. The van der Waals surface area contributed by atoms with E-state index < -0.39 is 5.91 Å². The van der Waals surface area contributed by atoms with Crippen LogP contribution < -0.4 is 10.1 Å². The van der Waals surface area contributed by atoms with Gasteiger partial charge in [0.1, 0.15) is 17.4 Å². The van der Waals surface area contributed by atoms with Crippen molar-refractivity contribution in [2.75, 3.05) is 12.4 Å². The van der Waals surface area contributed by atoms with Crippen molar-refractivity contribution in [2.24, 2.45) is 0 Å². The summed E-state index contributed by atoms with van der Waals surface area (Å²) in [7, 11) is 1.56. The van der Waals surface area contributed by atoms with Crippen LogP contribution in [0.2, 0.25) is 0 Å². The minimum atomic E-state index is -0.413. The maximum absolute atomic E-state index is 12.6. The van der Waals surface area contributed by atoms with Crippen molar-refractivity contribution in [2.45, 2.75) is 26.7 Å². The number of carbonyl (C=O) groups is 1. The predicted octanol–water partition coefficient (Wildman–Crippen LogP) is 4.37. The smallest absolute Gasteiger partial charge is 0.266 e. The minimum absolute atomic E-state index is 0.0393. The van der Waals surface area contributed by atoms with Gasteiger partial charge in [-0.15, -0.1) is 0 Å². The maximum atomic E-state index is 12.6. The second kappa shape index (κ2) is 8.70. The molecule has 128 valence electrons. The van der Waals surface area contributed by atoms with Crippen LogP contribution in [0.3, 0.4) is 0 Å². The number of hydrogen-bond acceptors (Lipinski definition) is 3. The molecular formula is C21H22N2O2. The molecule has 4 heteroatoms. The number of amides is 1. The first kappa shape index (κ1) is 18.3. The van der Waals surface area contributed by atoms with Crippen molar-refractivity contribution in [3.63, 3.8) is 0 Å². The molecule has 0 unspecified atom stereocenters. The fraction of sp³-hybridized carbons (Fsp3) is 0.238. The van der Waals surface area contributed by atoms with Gasteiger partial charge in [0.25, 0.3) is 5.91 Å². The number of anilines is 1. The summed E-state index contributed by atoms with van der Waals surface area (Å²) in [6.45, 7) is 4.08. The molecule has 0 aliphatic carbocycles. The first-order valence-electron chi connectivity index (χ1n) is 8.31. The minimum Gasteiger partial charge on any atom is -0.496 e. The van der Waals surface area contributed by atoms with Gasteiger partial charge < -0.3 is 10.1 Å². The van der Waals surface area contributed by atoms with Crippen LogP contribution in [-0.2, 0) is 17.6 Å². The second-order valence-electron chi connectivity index (χ2n) is 5.52. The van der Waals surface area contributed by atoms with E-state index in [4.69, 9.17) is 4.74 Å². The Labute approximate surface area is 148 Å². The van der Waals surface area contributed by atoms with E-state index in [-0.39, 0.29) is 5.57 Å². The van der Waals surface area contributed by atoms with Gasteiger partial charge in [-0.25, -0.2) is 0 Å². The lowest BCUT2D eigenvalue weighted by molar-refractivity contribution is -0.112. The first-order chi connectivity index (χ1) is 12.1. The number of nitrogens with one attached hydrogen (secondary N) is 1. The molecule has 1 N–H and O–H groups in total. The van der Waals surface area contributed by atoms with Crippen molar-refractivity contribution in [3.8, 4) is 11.8 Å². The summed E-state index contributed by atoms with van der Waals surface area (Å²) in [6, 6.07) is 15.2. The fourth-order valence-electron chi connectivity index (χ4n) is 2.67. The van der Waals surface area contributed by atoms with E-state index in [1.54, 1.807) is 25.3 Å². The lowest BCUT2D eigenvalue weighted by Gasteiger charge is -2.14. The standard InChI is InChI=1S/C21H22N2O2/c1-4-15-10-8-11-16(5-2)20(15)23-21(24)18(14-22)13-17-9-6-7-12-19(17)25-3/h6-13H,4-5H2,1-3H3,(H,23,24)/b18-13+. The van der Waals surface area contributed by atoms with Gasteiger partial charge in [-0.05, 0) is 36.1 Å². The van der Waals surface area contributed by atoms with Crippen LogP contribution in [0.15, 0.2) is 48.0 Å². The van der Waals surface area contributed by atoms with Crippen LogP contribution in [0.4, 0.5) is 5.69 Å². The summed E-state index contributed by atoms with van der Waals surface area (Å²) in [4.78, 5) is 12.6. The molecule has 0 bridgehead atoms. The Bertz CT molecular complexity index is 810. The lowest BCUT2D eigenvalue weighted by Crippen LogP contribution is -2.16. The number of para-hydroxylation sites is 2. The van der Waals surface area contributed by atoms with E-state index >= 15 is 0 Å². The van der Waals surface area contributed by atoms with Gasteiger partial charge in [0.05, 0.1) is 7.11 Å². The summed E-state index contributed by atoms with van der Waals surface area (Å²) in [5.41, 5.74) is 3.65. The Kier molecular flexibility index (Phi) is 6.36. The van der Waals surface area contributed by atoms with E-state index in [0.29, 0.717) is 11.3 Å². The molecule has 0 saturated heterocycles. The van der Waals surface area contributed by atoms with Gasteiger partial charge in [-0.1, -0.05) is 50.2 Å². The molecule has 0 aliphatic rings. The number of ether oxygens (including phenoxy) is 1. The van der Waals surface area contributed by atoms with Gasteiger partial charge in [0, 0.05) is 11.3 Å². The molecule has 0 fully saturated rings. The molecule has 2 aromatic carbocycles. The normalized spacial score (nSPS) is 10.9. The molecule has 0 heterocycles. The van der Waals surface area contributed by atoms with Crippen molar-refractivity contribution >= 4 is 17.7 Å².